The van der Waals surface area contributed by atoms with Crippen molar-refractivity contribution in [2.45, 2.75) is 115 Å². The number of alkyl halides is 1. The molecule has 0 bridgehead atoms. The molecule has 0 aliphatic heterocycles. The van der Waals surface area contributed by atoms with Gasteiger partial charge in [-0.1, -0.05) is 0 Å². The van der Waals surface area contributed by atoms with E-state index >= 15 is 0 Å². The Morgan fingerprint density at radius 1 is 0.692 bits per heavy atom. The summed E-state index contributed by atoms with van der Waals surface area (Å²) in [5.74, 6) is 0. The van der Waals surface area contributed by atoms with Crippen LogP contribution in [0, 0.1) is 0 Å². The van der Waals surface area contributed by atoms with E-state index in [1.54, 1.807) is 0 Å². The molecule has 0 aliphatic rings. The van der Waals surface area contributed by atoms with Crippen molar-refractivity contribution in [1.82, 2.24) is 0 Å². The van der Waals surface area contributed by atoms with E-state index in [-0.39, 0.29) is 19.8 Å². The summed E-state index contributed by atoms with van der Waals surface area (Å²) in [4.78, 5) is 0.270. The topological polar surface area (TPSA) is 0 Å². The van der Waals surface area contributed by atoms with Gasteiger partial charge in [0.15, 0.2) is 0 Å². The third kappa shape index (κ3) is 12.1. The molecular weight excluding hydrogens is 386 g/mol. The Morgan fingerprint density at radius 2 is 1.19 bits per heavy atom. The molecule has 1 aromatic carbocycles. The molecule has 0 nitrogen and oxygen atoms in total. The van der Waals surface area contributed by atoms with Gasteiger partial charge in [0, 0.05) is 0 Å². The predicted molar refractivity (Wildman–Crippen MR) is 116 cm³/mol. The van der Waals surface area contributed by atoms with Gasteiger partial charge in [-0.3, -0.25) is 0 Å². The Hall–Kier alpha value is -0.331. The van der Waals surface area contributed by atoms with E-state index in [0.717, 1.165) is 19.3 Å². The standard InChI is InChI=1S/C24H41FSe/c1-3-5-7-9-11-16-20-23(25)24(21-17-12-10-8-6-4-2)26-22-18-14-13-15-19-22/h13-15,18-19,23-24H,3-12,16-17,20-21H2,1-2H3/t23-,24-/m0/s1. The van der Waals surface area contributed by atoms with Gasteiger partial charge in [-0.25, -0.2) is 0 Å². The fourth-order valence-electron chi connectivity index (χ4n) is 3.42. The number of halogens is 1. The Balaban J connectivity index is 2.35. The summed E-state index contributed by atoms with van der Waals surface area (Å²) in [6.45, 7) is 4.50. The maximum atomic E-state index is 15.0. The van der Waals surface area contributed by atoms with Crippen LogP contribution < -0.4 is 4.46 Å². The molecular formula is C24H41FSe. The van der Waals surface area contributed by atoms with E-state index in [1.165, 1.54) is 75.1 Å². The first kappa shape index (κ1) is 23.7. The van der Waals surface area contributed by atoms with E-state index in [9.17, 15) is 4.39 Å². The zero-order chi connectivity index (χ0) is 18.9. The van der Waals surface area contributed by atoms with Gasteiger partial charge in [0.2, 0.25) is 0 Å². The van der Waals surface area contributed by atoms with Crippen molar-refractivity contribution in [3.8, 4) is 0 Å². The normalized spacial score (nSPS) is 13.7. The molecule has 1 aromatic rings. The molecule has 0 aliphatic carbocycles. The van der Waals surface area contributed by atoms with Crippen LogP contribution in [0.25, 0.3) is 0 Å². The number of hydrogen-bond donors (Lipinski definition) is 0. The third-order valence-electron chi connectivity index (χ3n) is 5.11. The molecule has 0 amide bonds. The molecule has 0 unspecified atom stereocenters. The van der Waals surface area contributed by atoms with Gasteiger partial charge in [-0.2, -0.15) is 0 Å². The van der Waals surface area contributed by atoms with Crippen molar-refractivity contribution in [3.63, 3.8) is 0 Å². The van der Waals surface area contributed by atoms with E-state index in [2.05, 4.69) is 44.2 Å². The van der Waals surface area contributed by atoms with Crippen LogP contribution in [-0.2, 0) is 0 Å². The molecule has 0 aromatic heterocycles. The van der Waals surface area contributed by atoms with Crippen molar-refractivity contribution in [1.29, 1.82) is 0 Å². The average Bonchev–Trinajstić information content (AvgIpc) is 2.67. The number of rotatable bonds is 17. The predicted octanol–water partition coefficient (Wildman–Crippen LogP) is 7.64. The van der Waals surface area contributed by atoms with Gasteiger partial charge in [0.25, 0.3) is 0 Å². The number of hydrogen-bond acceptors (Lipinski definition) is 0. The second-order valence-corrected chi connectivity index (χ2v) is 10.4. The first-order valence-corrected chi connectivity index (χ1v) is 13.0. The Labute approximate surface area is 168 Å². The molecule has 0 fully saturated rings. The summed E-state index contributed by atoms with van der Waals surface area (Å²) < 4.78 is 16.3. The SMILES string of the molecule is CCCCCCCC[C@H]([Se]c1ccccc1)[C@@H](F)CCCCCCCC. The fourth-order valence-corrected chi connectivity index (χ4v) is 6.00. The first-order valence-electron chi connectivity index (χ1n) is 11.1. The summed E-state index contributed by atoms with van der Waals surface area (Å²) in [5.41, 5.74) is 0. The molecule has 26 heavy (non-hydrogen) atoms. The van der Waals surface area contributed by atoms with Crippen LogP contribution in [0.15, 0.2) is 30.3 Å². The zero-order valence-corrected chi connectivity index (χ0v) is 18.9. The second-order valence-electron chi connectivity index (χ2n) is 7.60. The minimum absolute atomic E-state index is 0.270. The van der Waals surface area contributed by atoms with Crippen LogP contribution in [0.3, 0.4) is 0 Å². The molecule has 0 N–H and O–H groups in total. The van der Waals surface area contributed by atoms with Gasteiger partial charge in [0.05, 0.1) is 0 Å². The van der Waals surface area contributed by atoms with E-state index in [4.69, 9.17) is 0 Å². The van der Waals surface area contributed by atoms with E-state index < -0.39 is 6.17 Å². The monoisotopic (exact) mass is 428 g/mol. The summed E-state index contributed by atoms with van der Waals surface area (Å²) in [6.07, 6.45) is 16.6. The van der Waals surface area contributed by atoms with Crippen LogP contribution in [0.5, 0.6) is 0 Å². The quantitative estimate of drug-likeness (QED) is 0.177. The number of unbranched alkanes of at least 4 members (excludes halogenated alkanes) is 10. The van der Waals surface area contributed by atoms with Crippen molar-refractivity contribution >= 4 is 19.4 Å². The van der Waals surface area contributed by atoms with Crippen LogP contribution in [0.4, 0.5) is 4.39 Å². The fraction of sp³-hybridized carbons (Fsp3) is 0.750. The van der Waals surface area contributed by atoms with Crippen molar-refractivity contribution in [2.75, 3.05) is 0 Å². The van der Waals surface area contributed by atoms with Gasteiger partial charge in [-0.05, 0) is 0 Å². The molecule has 0 spiro atoms. The van der Waals surface area contributed by atoms with Crippen molar-refractivity contribution in [3.05, 3.63) is 30.3 Å². The van der Waals surface area contributed by atoms with Crippen LogP contribution >= 0.6 is 0 Å². The first-order chi connectivity index (χ1) is 12.8. The van der Waals surface area contributed by atoms with Crippen LogP contribution in [0.2, 0.25) is 4.82 Å². The van der Waals surface area contributed by atoms with Crippen molar-refractivity contribution in [2.24, 2.45) is 0 Å². The average molecular weight is 428 g/mol. The molecule has 150 valence electrons. The molecule has 2 atom stereocenters. The Kier molecular flexibility index (Phi) is 15.3. The summed E-state index contributed by atoms with van der Waals surface area (Å²) in [5, 5.41) is 0. The van der Waals surface area contributed by atoms with E-state index in [0.29, 0.717) is 0 Å². The van der Waals surface area contributed by atoms with Crippen LogP contribution in [0.1, 0.15) is 104 Å². The summed E-state index contributed by atoms with van der Waals surface area (Å²) in [6, 6.07) is 10.6. The molecule has 1 rings (SSSR count). The molecule has 0 saturated heterocycles. The van der Waals surface area contributed by atoms with Gasteiger partial charge < -0.3 is 0 Å². The molecule has 2 heteroatoms. The second kappa shape index (κ2) is 16.8. The third-order valence-corrected chi connectivity index (χ3v) is 8.00. The molecule has 0 radical (unpaired) electrons. The molecule has 0 heterocycles. The van der Waals surface area contributed by atoms with E-state index in [1.807, 2.05) is 0 Å². The van der Waals surface area contributed by atoms with Gasteiger partial charge >= 0.3 is 169 Å². The zero-order valence-electron chi connectivity index (χ0n) is 17.2. The number of benzene rings is 1. The molecule has 0 saturated carbocycles. The summed E-state index contributed by atoms with van der Waals surface area (Å²) in [7, 11) is 0. The van der Waals surface area contributed by atoms with Gasteiger partial charge in [0.1, 0.15) is 0 Å². The van der Waals surface area contributed by atoms with Gasteiger partial charge in [-0.15, -0.1) is 0 Å². The van der Waals surface area contributed by atoms with Crippen LogP contribution in [-0.4, -0.2) is 21.1 Å². The minimum atomic E-state index is -0.600. The van der Waals surface area contributed by atoms with Crippen molar-refractivity contribution < 1.29 is 4.39 Å². The Bertz CT molecular complexity index is 406. The summed E-state index contributed by atoms with van der Waals surface area (Å²) >= 11 is 0.270. The Morgan fingerprint density at radius 3 is 1.77 bits per heavy atom. The maximum absolute atomic E-state index is 15.0.